The molecule has 1 aliphatic heterocycles. The van der Waals surface area contributed by atoms with Crippen LogP contribution in [-0.4, -0.2) is 42.0 Å². The maximum absolute atomic E-state index is 12.9. The van der Waals surface area contributed by atoms with E-state index in [1.54, 1.807) is 6.07 Å². The Labute approximate surface area is 223 Å². The largest absolute Gasteiger partial charge is 0.516 e. The number of rotatable bonds is 5. The summed E-state index contributed by atoms with van der Waals surface area (Å²) in [6.07, 6.45) is 1.36. The van der Waals surface area contributed by atoms with Gasteiger partial charge >= 0.3 is 15.5 Å². The van der Waals surface area contributed by atoms with E-state index in [0.717, 1.165) is 22.4 Å². The minimum atomic E-state index is -5.68. The SMILES string of the molecule is Cc1cc(-c2cnc(Cl)c(NS(=O)(=O)C(F)(F)F)c2)cc2c1OCCN(c1nc(N)nc(C)c1C(C)C)C2. The van der Waals surface area contributed by atoms with Gasteiger partial charge in [0.1, 0.15) is 18.2 Å². The van der Waals surface area contributed by atoms with Gasteiger partial charge in [-0.3, -0.25) is 4.72 Å². The quantitative estimate of drug-likeness (QED) is 0.402. The zero-order chi connectivity index (χ0) is 28.0. The van der Waals surface area contributed by atoms with Crippen molar-refractivity contribution in [2.45, 2.75) is 45.7 Å². The molecule has 0 amide bonds. The number of sulfonamides is 1. The Morgan fingerprint density at radius 1 is 1.16 bits per heavy atom. The lowest BCUT2D eigenvalue weighted by molar-refractivity contribution is -0.0429. The van der Waals surface area contributed by atoms with E-state index in [-0.39, 0.29) is 11.9 Å². The van der Waals surface area contributed by atoms with Crippen molar-refractivity contribution in [3.63, 3.8) is 0 Å². The summed E-state index contributed by atoms with van der Waals surface area (Å²) in [5, 5.41) is -0.416. The molecule has 0 unspecified atom stereocenters. The van der Waals surface area contributed by atoms with Crippen LogP contribution in [0.2, 0.25) is 5.15 Å². The minimum Gasteiger partial charge on any atom is -0.491 e. The van der Waals surface area contributed by atoms with Crippen molar-refractivity contribution >= 4 is 39.1 Å². The van der Waals surface area contributed by atoms with E-state index < -0.39 is 26.4 Å². The van der Waals surface area contributed by atoms with Gasteiger partial charge in [-0.25, -0.2) is 9.97 Å². The van der Waals surface area contributed by atoms with Gasteiger partial charge in [-0.2, -0.15) is 26.6 Å². The van der Waals surface area contributed by atoms with Crippen LogP contribution in [0.1, 0.15) is 42.1 Å². The normalized spacial score (nSPS) is 14.2. The van der Waals surface area contributed by atoms with Gasteiger partial charge < -0.3 is 15.4 Å². The maximum atomic E-state index is 12.9. The van der Waals surface area contributed by atoms with E-state index in [1.807, 2.05) is 33.8 Å². The Balaban J connectivity index is 1.76. The van der Waals surface area contributed by atoms with Gasteiger partial charge in [0, 0.05) is 35.1 Å². The third-order valence-electron chi connectivity index (χ3n) is 6.05. The number of nitrogens with zero attached hydrogens (tertiary/aromatic N) is 4. The second-order valence-corrected chi connectivity index (χ2v) is 11.3. The van der Waals surface area contributed by atoms with Gasteiger partial charge in [0.25, 0.3) is 0 Å². The molecule has 2 aromatic heterocycles. The van der Waals surface area contributed by atoms with Crippen molar-refractivity contribution in [3.05, 3.63) is 51.9 Å². The van der Waals surface area contributed by atoms with Gasteiger partial charge in [-0.15, -0.1) is 0 Å². The number of hydrogen-bond donors (Lipinski definition) is 2. The zero-order valence-electron chi connectivity index (χ0n) is 21.0. The third-order valence-corrected chi connectivity index (χ3v) is 7.45. The Hall–Kier alpha value is -3.32. The molecule has 0 aliphatic carbocycles. The predicted molar refractivity (Wildman–Crippen MR) is 140 cm³/mol. The van der Waals surface area contributed by atoms with Crippen LogP contribution in [0.15, 0.2) is 24.4 Å². The summed E-state index contributed by atoms with van der Waals surface area (Å²) in [4.78, 5) is 14.8. The maximum Gasteiger partial charge on any atom is 0.516 e. The Morgan fingerprint density at radius 3 is 2.53 bits per heavy atom. The van der Waals surface area contributed by atoms with E-state index in [4.69, 9.17) is 22.1 Å². The van der Waals surface area contributed by atoms with Crippen LogP contribution >= 0.6 is 11.6 Å². The van der Waals surface area contributed by atoms with Crippen LogP contribution in [0.5, 0.6) is 5.75 Å². The van der Waals surface area contributed by atoms with Crippen LogP contribution in [0, 0.1) is 13.8 Å². The van der Waals surface area contributed by atoms with Gasteiger partial charge in [-0.05, 0) is 49.1 Å². The molecule has 14 heteroatoms. The molecule has 0 bridgehead atoms. The van der Waals surface area contributed by atoms with Crippen molar-refractivity contribution < 1.29 is 26.3 Å². The van der Waals surface area contributed by atoms with Crippen molar-refractivity contribution in [1.29, 1.82) is 0 Å². The molecule has 0 saturated heterocycles. The Kier molecular flexibility index (Phi) is 7.36. The number of alkyl halides is 3. The van der Waals surface area contributed by atoms with Gasteiger partial charge in [0.2, 0.25) is 5.95 Å². The first-order chi connectivity index (χ1) is 17.7. The number of ether oxygens (including phenoxy) is 1. The molecule has 0 atom stereocenters. The lowest BCUT2D eigenvalue weighted by Gasteiger charge is -2.26. The fourth-order valence-electron chi connectivity index (χ4n) is 4.45. The molecule has 38 heavy (non-hydrogen) atoms. The highest BCUT2D eigenvalue weighted by Crippen LogP contribution is 2.37. The van der Waals surface area contributed by atoms with Gasteiger partial charge in [0.05, 0.1) is 12.2 Å². The van der Waals surface area contributed by atoms with Gasteiger partial charge in [0.15, 0.2) is 5.15 Å². The molecule has 3 heterocycles. The summed E-state index contributed by atoms with van der Waals surface area (Å²) >= 11 is 5.91. The van der Waals surface area contributed by atoms with Crippen LogP contribution in [0.25, 0.3) is 11.1 Å². The Bertz CT molecular complexity index is 1500. The molecular weight excluding hydrogens is 545 g/mol. The highest BCUT2D eigenvalue weighted by atomic mass is 35.5. The lowest BCUT2D eigenvalue weighted by Crippen LogP contribution is -2.30. The number of fused-ring (bicyclic) bond motifs is 1. The van der Waals surface area contributed by atoms with E-state index in [1.165, 1.54) is 17.0 Å². The first-order valence-electron chi connectivity index (χ1n) is 11.6. The standard InChI is InChI=1S/C24H26ClF3N6O3S/c1-12(2)19-14(4)31-23(29)32-22(19)34-5-6-37-20-13(3)7-15(8-17(20)11-34)16-9-18(21(25)30-10-16)33-38(35,36)24(26,27)28/h7-10,12,33H,5-6,11H2,1-4H3,(H2,29,31,32). The molecule has 0 saturated carbocycles. The number of pyridine rings is 1. The monoisotopic (exact) mass is 570 g/mol. The van der Waals surface area contributed by atoms with Crippen molar-refractivity contribution in [1.82, 2.24) is 15.0 Å². The smallest absolute Gasteiger partial charge is 0.491 e. The van der Waals surface area contributed by atoms with Crippen molar-refractivity contribution in [2.75, 3.05) is 28.5 Å². The molecule has 3 N–H and O–H groups in total. The average Bonchev–Trinajstić information content (AvgIpc) is 3.01. The summed E-state index contributed by atoms with van der Waals surface area (Å²) in [6, 6.07) is 4.81. The molecular formula is C24H26ClF3N6O3S. The second-order valence-electron chi connectivity index (χ2n) is 9.22. The van der Waals surface area contributed by atoms with E-state index >= 15 is 0 Å². The highest BCUT2D eigenvalue weighted by molar-refractivity contribution is 7.93. The summed E-state index contributed by atoms with van der Waals surface area (Å²) in [5.41, 5.74) is 4.28. The molecule has 4 rings (SSSR count). The summed E-state index contributed by atoms with van der Waals surface area (Å²) < 4.78 is 69.5. The molecule has 0 fully saturated rings. The number of hydrogen-bond acceptors (Lipinski definition) is 8. The molecule has 0 radical (unpaired) electrons. The van der Waals surface area contributed by atoms with E-state index in [2.05, 4.69) is 19.9 Å². The predicted octanol–water partition coefficient (Wildman–Crippen LogP) is 5.17. The minimum absolute atomic E-state index is 0.140. The first-order valence-corrected chi connectivity index (χ1v) is 13.4. The highest BCUT2D eigenvalue weighted by Gasteiger charge is 2.46. The number of nitrogen functional groups attached to an aromatic ring is 1. The first kappa shape index (κ1) is 27.7. The number of halogens is 4. The van der Waals surface area contributed by atoms with Crippen LogP contribution in [0.4, 0.5) is 30.6 Å². The van der Waals surface area contributed by atoms with Crippen molar-refractivity contribution in [2.24, 2.45) is 0 Å². The van der Waals surface area contributed by atoms with Crippen LogP contribution in [0.3, 0.4) is 0 Å². The van der Waals surface area contributed by atoms with Crippen molar-refractivity contribution in [3.8, 4) is 16.9 Å². The molecule has 204 valence electrons. The fraction of sp³-hybridized carbons (Fsp3) is 0.375. The summed E-state index contributed by atoms with van der Waals surface area (Å²) in [5.74, 6) is 1.70. The molecule has 3 aromatic rings. The molecule has 0 spiro atoms. The summed E-state index contributed by atoms with van der Waals surface area (Å²) in [7, 11) is -5.68. The zero-order valence-corrected chi connectivity index (χ0v) is 22.6. The summed E-state index contributed by atoms with van der Waals surface area (Å²) in [6.45, 7) is 9.17. The Morgan fingerprint density at radius 2 is 1.87 bits per heavy atom. The number of anilines is 3. The number of aromatic nitrogens is 3. The lowest BCUT2D eigenvalue weighted by atomic mass is 9.99. The molecule has 9 nitrogen and oxygen atoms in total. The fourth-order valence-corrected chi connectivity index (χ4v) is 5.21. The van der Waals surface area contributed by atoms with E-state index in [9.17, 15) is 21.6 Å². The number of nitrogens with one attached hydrogen (secondary N) is 1. The van der Waals surface area contributed by atoms with Crippen LogP contribution < -0.4 is 20.1 Å². The number of aryl methyl sites for hydroxylation is 2. The number of nitrogens with two attached hydrogens (primary N) is 1. The average molecular weight is 571 g/mol. The van der Waals surface area contributed by atoms with E-state index in [0.29, 0.717) is 42.4 Å². The topological polar surface area (TPSA) is 123 Å². The molecule has 1 aliphatic rings. The second kappa shape index (κ2) is 10.1. The van der Waals surface area contributed by atoms with Crippen LogP contribution in [-0.2, 0) is 16.6 Å². The number of benzene rings is 1. The molecule has 1 aromatic carbocycles. The van der Waals surface area contributed by atoms with Gasteiger partial charge in [-0.1, -0.05) is 25.4 Å². The third kappa shape index (κ3) is 5.44.